The Morgan fingerprint density at radius 1 is 1.50 bits per heavy atom. The van der Waals surface area contributed by atoms with Gasteiger partial charge in [0.1, 0.15) is 5.75 Å². The van der Waals surface area contributed by atoms with Crippen LogP contribution < -0.4 is 11.1 Å². The maximum Gasteiger partial charge on any atom is 0.233 e. The molecule has 4 nitrogen and oxygen atoms in total. The molecule has 0 rings (SSSR count). The van der Waals surface area contributed by atoms with Crippen molar-refractivity contribution in [1.29, 1.82) is 0 Å². The van der Waals surface area contributed by atoms with Crippen molar-refractivity contribution in [3.63, 3.8) is 0 Å². The summed E-state index contributed by atoms with van der Waals surface area (Å²) < 4.78 is 11.3. The summed E-state index contributed by atoms with van der Waals surface area (Å²) in [5.41, 5.74) is 5.20. The molecule has 1 amide bonds. The van der Waals surface area contributed by atoms with Gasteiger partial charge in [0, 0.05) is 28.1 Å². The van der Waals surface area contributed by atoms with Crippen LogP contribution in [0.4, 0.5) is 0 Å². The van der Waals surface area contributed by atoms with Gasteiger partial charge >= 0.3 is 0 Å². The lowest BCUT2D eigenvalue weighted by Gasteiger charge is -2.20. The summed E-state index contributed by atoms with van der Waals surface area (Å²) in [5, 5.41) is 2.75. The zero-order chi connectivity index (χ0) is 11.4. The van der Waals surface area contributed by atoms with Crippen LogP contribution in [-0.4, -0.2) is 33.2 Å². The Morgan fingerprint density at radius 2 is 2.00 bits per heavy atom. The first kappa shape index (κ1) is 13.6. The predicted octanol–water partition coefficient (Wildman–Crippen LogP) is -0.00300. The van der Waals surface area contributed by atoms with Crippen molar-refractivity contribution in [2.75, 3.05) is 11.5 Å². The minimum Gasteiger partial charge on any atom is -0.351 e. The van der Waals surface area contributed by atoms with E-state index < -0.39 is 10.8 Å². The average Bonchev–Trinajstić information content (AvgIpc) is 1.77. The Kier molecular flexibility index (Phi) is 5.29. The number of nitrogens with one attached hydrogen (secondary N) is 1. The van der Waals surface area contributed by atoms with Crippen molar-refractivity contribution < 1.29 is 9.00 Å². The largest absolute Gasteiger partial charge is 0.351 e. The molecule has 0 bridgehead atoms. The van der Waals surface area contributed by atoms with Gasteiger partial charge in [-0.15, -0.1) is 0 Å². The molecule has 14 heavy (non-hydrogen) atoms. The summed E-state index contributed by atoms with van der Waals surface area (Å²) in [5.74, 6) is 0.229. The van der Waals surface area contributed by atoms with Gasteiger partial charge < -0.3 is 11.1 Å². The predicted molar refractivity (Wildman–Crippen MR) is 59.4 cm³/mol. The van der Waals surface area contributed by atoms with Gasteiger partial charge in [-0.3, -0.25) is 9.00 Å². The summed E-state index contributed by atoms with van der Waals surface area (Å²) in [4.78, 5) is 11.3. The molecule has 84 valence electrons. The quantitative estimate of drug-likeness (QED) is 0.700. The molecule has 0 radical (unpaired) electrons. The van der Waals surface area contributed by atoms with Crippen molar-refractivity contribution in [3.05, 3.63) is 0 Å². The van der Waals surface area contributed by atoms with Crippen LogP contribution in [0.25, 0.3) is 0 Å². The van der Waals surface area contributed by atoms with Crippen molar-refractivity contribution >= 4 is 16.7 Å². The summed E-state index contributed by atoms with van der Waals surface area (Å²) in [6, 6.07) is -0.127. The fourth-order valence-corrected chi connectivity index (χ4v) is 2.02. The van der Waals surface area contributed by atoms with Gasteiger partial charge in [0.15, 0.2) is 0 Å². The van der Waals surface area contributed by atoms with Gasteiger partial charge in [0.2, 0.25) is 5.91 Å². The highest BCUT2D eigenvalue weighted by Crippen LogP contribution is 1.98. The molecular weight excluding hydrogens is 200 g/mol. The van der Waals surface area contributed by atoms with Gasteiger partial charge in [-0.1, -0.05) is 0 Å². The third-order valence-corrected chi connectivity index (χ3v) is 2.74. The zero-order valence-corrected chi connectivity index (χ0v) is 10.1. The molecule has 0 spiro atoms. The molecule has 0 aromatic heterocycles. The van der Waals surface area contributed by atoms with Crippen LogP contribution >= 0.6 is 0 Å². The fourth-order valence-electron chi connectivity index (χ4n) is 0.953. The second-order valence-corrected chi connectivity index (χ2v) is 6.03. The van der Waals surface area contributed by atoms with Crippen molar-refractivity contribution in [1.82, 2.24) is 5.32 Å². The molecule has 0 aliphatic heterocycles. The molecule has 0 aliphatic rings. The van der Waals surface area contributed by atoms with Crippen LogP contribution in [-0.2, 0) is 15.6 Å². The van der Waals surface area contributed by atoms with Crippen LogP contribution in [0.1, 0.15) is 27.7 Å². The zero-order valence-electron chi connectivity index (χ0n) is 9.29. The van der Waals surface area contributed by atoms with Crippen molar-refractivity contribution in [2.45, 2.75) is 39.3 Å². The summed E-state index contributed by atoms with van der Waals surface area (Å²) in [7, 11) is -1.15. The van der Waals surface area contributed by atoms with Gasteiger partial charge in [0.05, 0.1) is 0 Å². The first-order valence-corrected chi connectivity index (χ1v) is 6.11. The molecule has 0 saturated heterocycles. The lowest BCUT2D eigenvalue weighted by molar-refractivity contribution is -0.119. The SMILES string of the molecule is CC(N)CS(=O)CC(=O)NC(C)(C)C. The van der Waals surface area contributed by atoms with E-state index in [0.717, 1.165) is 0 Å². The molecule has 2 atom stereocenters. The van der Waals surface area contributed by atoms with Crippen LogP contribution in [0.15, 0.2) is 0 Å². The van der Waals surface area contributed by atoms with Crippen LogP contribution in [0.5, 0.6) is 0 Å². The maximum absolute atomic E-state index is 11.3. The van der Waals surface area contributed by atoms with E-state index in [1.165, 1.54) is 0 Å². The second-order valence-electron chi connectivity index (χ2n) is 4.53. The minimum absolute atomic E-state index is 0.0405. The normalized spacial score (nSPS) is 16.1. The van der Waals surface area contributed by atoms with Crippen LogP contribution in [0.3, 0.4) is 0 Å². The smallest absolute Gasteiger partial charge is 0.233 e. The molecule has 2 unspecified atom stereocenters. The molecular formula is C9H20N2O2S. The van der Waals surface area contributed by atoms with E-state index in [0.29, 0.717) is 5.75 Å². The second kappa shape index (κ2) is 5.46. The standard InChI is InChI=1S/C9H20N2O2S/c1-7(10)5-14(13)6-8(12)11-9(2,3)4/h7H,5-6,10H2,1-4H3,(H,11,12). The molecule has 3 N–H and O–H groups in total. The number of carbonyl (C=O) groups is 1. The molecule has 0 aromatic carbocycles. The first-order chi connectivity index (χ1) is 6.20. The van der Waals surface area contributed by atoms with E-state index in [-0.39, 0.29) is 23.2 Å². The van der Waals surface area contributed by atoms with Gasteiger partial charge in [0.25, 0.3) is 0 Å². The lowest BCUT2D eigenvalue weighted by Crippen LogP contribution is -2.43. The maximum atomic E-state index is 11.3. The summed E-state index contributed by atoms with van der Waals surface area (Å²) in [6.45, 7) is 7.44. The van der Waals surface area contributed by atoms with E-state index in [4.69, 9.17) is 5.73 Å². The Morgan fingerprint density at radius 3 is 2.36 bits per heavy atom. The third-order valence-electron chi connectivity index (χ3n) is 1.26. The van der Waals surface area contributed by atoms with Crippen molar-refractivity contribution in [3.8, 4) is 0 Å². The molecule has 0 fully saturated rings. The molecule has 0 aliphatic carbocycles. The number of carbonyl (C=O) groups excluding carboxylic acids is 1. The van der Waals surface area contributed by atoms with Gasteiger partial charge in [-0.2, -0.15) is 0 Å². The number of hydrogen-bond acceptors (Lipinski definition) is 3. The molecule has 0 aromatic rings. The van der Waals surface area contributed by atoms with Gasteiger partial charge in [-0.05, 0) is 27.7 Å². The number of nitrogens with two attached hydrogens (primary N) is 1. The fraction of sp³-hybridized carbons (Fsp3) is 0.889. The van der Waals surface area contributed by atoms with Crippen LogP contribution in [0, 0.1) is 0 Å². The lowest BCUT2D eigenvalue weighted by atomic mass is 10.1. The number of amides is 1. The molecule has 5 heteroatoms. The highest BCUT2D eigenvalue weighted by atomic mass is 32.2. The highest BCUT2D eigenvalue weighted by molar-refractivity contribution is 7.85. The molecule has 0 saturated carbocycles. The van der Waals surface area contributed by atoms with Crippen LogP contribution in [0.2, 0.25) is 0 Å². The highest BCUT2D eigenvalue weighted by Gasteiger charge is 2.16. The molecule has 0 heterocycles. The summed E-state index contributed by atoms with van der Waals surface area (Å²) >= 11 is 0. The number of hydrogen-bond donors (Lipinski definition) is 2. The Labute approximate surface area is 88.1 Å². The van der Waals surface area contributed by atoms with E-state index in [1.54, 1.807) is 6.92 Å². The monoisotopic (exact) mass is 220 g/mol. The Balaban J connectivity index is 3.90. The Bertz CT molecular complexity index is 221. The number of rotatable bonds is 4. The van der Waals surface area contributed by atoms with E-state index in [1.807, 2.05) is 20.8 Å². The first-order valence-electron chi connectivity index (χ1n) is 4.62. The van der Waals surface area contributed by atoms with E-state index in [9.17, 15) is 9.00 Å². The van der Waals surface area contributed by atoms with Gasteiger partial charge in [-0.25, -0.2) is 0 Å². The third kappa shape index (κ3) is 8.19. The average molecular weight is 220 g/mol. The van der Waals surface area contributed by atoms with Crippen molar-refractivity contribution in [2.24, 2.45) is 5.73 Å². The minimum atomic E-state index is -1.15. The summed E-state index contributed by atoms with van der Waals surface area (Å²) in [6.07, 6.45) is 0. The van der Waals surface area contributed by atoms with E-state index >= 15 is 0 Å². The Hall–Kier alpha value is -0.420. The van der Waals surface area contributed by atoms with E-state index in [2.05, 4.69) is 5.32 Å². The topological polar surface area (TPSA) is 72.2 Å².